The summed E-state index contributed by atoms with van der Waals surface area (Å²) in [5.41, 5.74) is 6.05. The van der Waals surface area contributed by atoms with E-state index < -0.39 is 11.8 Å². The number of unbranched alkanes of at least 4 members (excludes halogenated alkanes) is 3. The molecule has 0 radical (unpaired) electrons. The number of ether oxygens (including phenoxy) is 1. The van der Waals surface area contributed by atoms with E-state index in [9.17, 15) is 14.4 Å². The SMILES string of the molecule is CCCCCCOc1ccc(C(=O)NNC(=O)CCC(=O)NCc2ccccc2)cc1Br. The van der Waals surface area contributed by atoms with Gasteiger partial charge in [0.25, 0.3) is 5.91 Å². The molecule has 0 saturated heterocycles. The highest BCUT2D eigenvalue weighted by atomic mass is 79.9. The molecule has 2 aromatic carbocycles. The van der Waals surface area contributed by atoms with Crippen LogP contribution in [0.5, 0.6) is 5.75 Å². The smallest absolute Gasteiger partial charge is 0.269 e. The summed E-state index contributed by atoms with van der Waals surface area (Å²) in [6.07, 6.45) is 4.47. The Kier molecular flexibility index (Phi) is 11.3. The molecule has 0 bridgehead atoms. The number of nitrogens with one attached hydrogen (secondary N) is 3. The van der Waals surface area contributed by atoms with Crippen LogP contribution in [0.1, 0.15) is 61.4 Å². The van der Waals surface area contributed by atoms with Crippen molar-refractivity contribution in [3.05, 3.63) is 64.1 Å². The average Bonchev–Trinajstić information content (AvgIpc) is 2.81. The maximum absolute atomic E-state index is 12.3. The van der Waals surface area contributed by atoms with Gasteiger partial charge in [0.1, 0.15) is 5.75 Å². The van der Waals surface area contributed by atoms with Crippen LogP contribution in [-0.2, 0) is 16.1 Å². The number of hydrazine groups is 1. The van der Waals surface area contributed by atoms with Gasteiger partial charge in [-0.25, -0.2) is 0 Å². The van der Waals surface area contributed by atoms with Gasteiger partial charge in [-0.1, -0.05) is 56.5 Å². The lowest BCUT2D eigenvalue weighted by Gasteiger charge is -2.11. The summed E-state index contributed by atoms with van der Waals surface area (Å²) in [4.78, 5) is 36.1. The van der Waals surface area contributed by atoms with Gasteiger partial charge in [-0.05, 0) is 46.1 Å². The van der Waals surface area contributed by atoms with Crippen molar-refractivity contribution in [1.82, 2.24) is 16.2 Å². The van der Waals surface area contributed by atoms with Gasteiger partial charge in [0.05, 0.1) is 11.1 Å². The number of carbonyl (C=O) groups excluding carboxylic acids is 3. The quantitative estimate of drug-likeness (QED) is 0.297. The zero-order valence-electron chi connectivity index (χ0n) is 18.3. The molecule has 32 heavy (non-hydrogen) atoms. The second kappa shape index (κ2) is 14.2. The average molecular weight is 504 g/mol. The molecule has 0 fully saturated rings. The van der Waals surface area contributed by atoms with Crippen LogP contribution in [0.2, 0.25) is 0 Å². The van der Waals surface area contributed by atoms with Crippen LogP contribution < -0.4 is 20.9 Å². The van der Waals surface area contributed by atoms with Gasteiger partial charge in [0.2, 0.25) is 11.8 Å². The summed E-state index contributed by atoms with van der Waals surface area (Å²) in [6, 6.07) is 14.5. The van der Waals surface area contributed by atoms with Crippen LogP contribution in [-0.4, -0.2) is 24.3 Å². The third-order valence-electron chi connectivity index (χ3n) is 4.68. The van der Waals surface area contributed by atoms with E-state index in [0.29, 0.717) is 28.9 Å². The molecular formula is C24H30BrN3O4. The van der Waals surface area contributed by atoms with E-state index >= 15 is 0 Å². The number of amides is 3. The fourth-order valence-electron chi connectivity index (χ4n) is 2.84. The monoisotopic (exact) mass is 503 g/mol. The van der Waals surface area contributed by atoms with Crippen LogP contribution >= 0.6 is 15.9 Å². The Hall–Kier alpha value is -2.87. The lowest BCUT2D eigenvalue weighted by Crippen LogP contribution is -2.42. The van der Waals surface area contributed by atoms with E-state index in [1.54, 1.807) is 18.2 Å². The Labute approximate surface area is 197 Å². The minimum absolute atomic E-state index is 0.0321. The van der Waals surface area contributed by atoms with E-state index in [0.717, 1.165) is 18.4 Å². The standard InChI is InChI=1S/C24H30BrN3O4/c1-2-3-4-8-15-32-21-12-11-19(16-20(21)25)24(31)28-27-23(30)14-13-22(29)26-17-18-9-6-5-7-10-18/h5-7,9-12,16H,2-4,8,13-15,17H2,1H3,(H,26,29)(H,27,30)(H,28,31). The largest absolute Gasteiger partial charge is 0.492 e. The van der Waals surface area contributed by atoms with Crippen molar-refractivity contribution in [2.24, 2.45) is 0 Å². The van der Waals surface area contributed by atoms with Crippen molar-refractivity contribution >= 4 is 33.7 Å². The van der Waals surface area contributed by atoms with Crippen LogP contribution in [0.25, 0.3) is 0 Å². The highest BCUT2D eigenvalue weighted by molar-refractivity contribution is 9.10. The molecule has 0 aromatic heterocycles. The van der Waals surface area contributed by atoms with E-state index in [1.807, 2.05) is 30.3 Å². The molecule has 0 spiro atoms. The molecular weight excluding hydrogens is 474 g/mol. The first kappa shape index (κ1) is 25.4. The topological polar surface area (TPSA) is 96.5 Å². The van der Waals surface area contributed by atoms with Gasteiger partial charge in [-0.2, -0.15) is 0 Å². The van der Waals surface area contributed by atoms with Crippen molar-refractivity contribution in [1.29, 1.82) is 0 Å². The highest BCUT2D eigenvalue weighted by Crippen LogP contribution is 2.26. The van der Waals surface area contributed by atoms with Gasteiger partial charge < -0.3 is 10.1 Å². The molecule has 0 aliphatic rings. The molecule has 2 rings (SSSR count). The van der Waals surface area contributed by atoms with Gasteiger partial charge in [-0.15, -0.1) is 0 Å². The lowest BCUT2D eigenvalue weighted by atomic mass is 10.2. The first-order valence-corrected chi connectivity index (χ1v) is 11.6. The summed E-state index contributed by atoms with van der Waals surface area (Å²) < 4.78 is 6.40. The lowest BCUT2D eigenvalue weighted by molar-refractivity contribution is -0.126. The van der Waals surface area contributed by atoms with Gasteiger partial charge in [0.15, 0.2) is 0 Å². The first-order valence-electron chi connectivity index (χ1n) is 10.8. The van der Waals surface area contributed by atoms with Crippen LogP contribution in [0.15, 0.2) is 53.0 Å². The summed E-state index contributed by atoms with van der Waals surface area (Å²) in [7, 11) is 0. The predicted molar refractivity (Wildman–Crippen MR) is 127 cm³/mol. The molecule has 0 aliphatic carbocycles. The molecule has 0 aliphatic heterocycles. The number of benzene rings is 2. The molecule has 2 aromatic rings. The molecule has 172 valence electrons. The van der Waals surface area contributed by atoms with E-state index in [1.165, 1.54) is 12.8 Å². The fraction of sp³-hybridized carbons (Fsp3) is 0.375. The summed E-state index contributed by atoms with van der Waals surface area (Å²) >= 11 is 3.41. The molecule has 0 heterocycles. The van der Waals surface area contributed by atoms with E-state index in [-0.39, 0.29) is 18.7 Å². The Morgan fingerprint density at radius 2 is 1.66 bits per heavy atom. The van der Waals surface area contributed by atoms with Gasteiger partial charge in [0, 0.05) is 24.9 Å². The highest BCUT2D eigenvalue weighted by Gasteiger charge is 2.12. The van der Waals surface area contributed by atoms with Crippen molar-refractivity contribution in [2.45, 2.75) is 52.0 Å². The van der Waals surface area contributed by atoms with Crippen LogP contribution in [0, 0.1) is 0 Å². The molecule has 8 heteroatoms. The zero-order chi connectivity index (χ0) is 23.2. The molecule has 7 nitrogen and oxygen atoms in total. The third kappa shape index (κ3) is 9.51. The van der Waals surface area contributed by atoms with Crippen molar-refractivity contribution in [2.75, 3.05) is 6.61 Å². The minimum Gasteiger partial charge on any atom is -0.492 e. The number of hydrogen-bond donors (Lipinski definition) is 3. The molecule has 0 unspecified atom stereocenters. The van der Waals surface area contributed by atoms with Crippen LogP contribution in [0.4, 0.5) is 0 Å². The van der Waals surface area contributed by atoms with Gasteiger partial charge >= 0.3 is 0 Å². The maximum atomic E-state index is 12.3. The predicted octanol–water partition coefficient (Wildman–Crippen LogP) is 4.27. The Balaban J connectivity index is 1.68. The third-order valence-corrected chi connectivity index (χ3v) is 5.30. The second-order valence-corrected chi connectivity index (χ2v) is 8.17. The molecule has 3 N–H and O–H groups in total. The maximum Gasteiger partial charge on any atom is 0.269 e. The molecule has 3 amide bonds. The van der Waals surface area contributed by atoms with Crippen LogP contribution in [0.3, 0.4) is 0 Å². The first-order chi connectivity index (χ1) is 15.5. The van der Waals surface area contributed by atoms with Gasteiger partial charge in [-0.3, -0.25) is 25.2 Å². The van der Waals surface area contributed by atoms with E-state index in [2.05, 4.69) is 39.0 Å². The Bertz CT molecular complexity index is 890. The summed E-state index contributed by atoms with van der Waals surface area (Å²) in [5, 5.41) is 2.76. The Morgan fingerprint density at radius 3 is 2.38 bits per heavy atom. The second-order valence-electron chi connectivity index (χ2n) is 7.32. The number of rotatable bonds is 12. The van der Waals surface area contributed by atoms with Crippen molar-refractivity contribution < 1.29 is 19.1 Å². The van der Waals surface area contributed by atoms with E-state index in [4.69, 9.17) is 4.74 Å². The summed E-state index contributed by atoms with van der Waals surface area (Å²) in [6.45, 7) is 3.19. The minimum atomic E-state index is -0.456. The normalized spacial score (nSPS) is 10.3. The fourth-order valence-corrected chi connectivity index (χ4v) is 3.34. The zero-order valence-corrected chi connectivity index (χ0v) is 19.9. The molecule has 0 atom stereocenters. The Morgan fingerprint density at radius 1 is 0.906 bits per heavy atom. The number of halogens is 1. The number of hydrogen-bond acceptors (Lipinski definition) is 4. The van der Waals surface area contributed by atoms with Crippen molar-refractivity contribution in [3.63, 3.8) is 0 Å². The van der Waals surface area contributed by atoms with Crippen molar-refractivity contribution in [3.8, 4) is 5.75 Å². The molecule has 0 saturated carbocycles. The number of carbonyl (C=O) groups is 3. The summed E-state index contributed by atoms with van der Waals surface area (Å²) in [5.74, 6) is -0.463.